The molecule has 122 valence electrons. The Balaban J connectivity index is 1.91. The molecular formula is C18H22N2O2S. The Morgan fingerprint density at radius 1 is 1.13 bits per heavy atom. The van der Waals surface area contributed by atoms with Crippen LogP contribution in [-0.2, 0) is 0 Å². The number of nitrogens with one attached hydrogen (secondary N) is 2. The van der Waals surface area contributed by atoms with Gasteiger partial charge in [-0.25, -0.2) is 0 Å². The second-order valence-corrected chi connectivity index (χ2v) is 6.75. The fourth-order valence-corrected chi connectivity index (χ4v) is 2.77. The van der Waals surface area contributed by atoms with E-state index in [-0.39, 0.29) is 11.8 Å². The number of thiophene rings is 1. The van der Waals surface area contributed by atoms with Gasteiger partial charge in [0.1, 0.15) is 0 Å². The first-order chi connectivity index (χ1) is 11.1. The Hall–Kier alpha value is -2.14. The van der Waals surface area contributed by atoms with Gasteiger partial charge in [-0.1, -0.05) is 26.0 Å². The number of anilines is 1. The van der Waals surface area contributed by atoms with Gasteiger partial charge in [0.25, 0.3) is 11.8 Å². The number of benzene rings is 1. The average molecular weight is 330 g/mol. The van der Waals surface area contributed by atoms with Gasteiger partial charge in [-0.3, -0.25) is 9.59 Å². The number of carbonyl (C=O) groups excluding carboxylic acids is 2. The van der Waals surface area contributed by atoms with Gasteiger partial charge in [0.05, 0.1) is 4.88 Å². The summed E-state index contributed by atoms with van der Waals surface area (Å²) in [5.41, 5.74) is 1.18. The molecule has 0 aliphatic heterocycles. The molecule has 1 heterocycles. The van der Waals surface area contributed by atoms with Gasteiger partial charge in [0.2, 0.25) is 0 Å². The van der Waals surface area contributed by atoms with E-state index in [0.29, 0.717) is 28.6 Å². The number of hydrogen-bond donors (Lipinski definition) is 2. The van der Waals surface area contributed by atoms with E-state index in [0.717, 1.165) is 12.8 Å². The van der Waals surface area contributed by atoms with Crippen LogP contribution in [0.15, 0.2) is 41.8 Å². The van der Waals surface area contributed by atoms with E-state index in [1.807, 2.05) is 11.4 Å². The van der Waals surface area contributed by atoms with Gasteiger partial charge in [0, 0.05) is 17.8 Å². The molecule has 4 nitrogen and oxygen atoms in total. The SMILES string of the molecule is CC(C)CCCNC(=O)c1cccc(NC(=O)c2cccs2)c1. The smallest absolute Gasteiger partial charge is 0.265 e. The predicted octanol–water partition coefficient (Wildman–Crippen LogP) is 4.17. The van der Waals surface area contributed by atoms with Crippen LogP contribution < -0.4 is 10.6 Å². The molecule has 2 aromatic rings. The highest BCUT2D eigenvalue weighted by Gasteiger charge is 2.09. The quantitative estimate of drug-likeness (QED) is 0.749. The molecule has 0 atom stereocenters. The van der Waals surface area contributed by atoms with Gasteiger partial charge < -0.3 is 10.6 Å². The van der Waals surface area contributed by atoms with Gasteiger partial charge in [-0.15, -0.1) is 11.3 Å². The number of rotatable bonds is 7. The summed E-state index contributed by atoms with van der Waals surface area (Å²) in [5.74, 6) is 0.373. The minimum atomic E-state index is -0.158. The predicted molar refractivity (Wildman–Crippen MR) is 95.1 cm³/mol. The van der Waals surface area contributed by atoms with Crippen molar-refractivity contribution >= 4 is 28.8 Å². The highest BCUT2D eigenvalue weighted by atomic mass is 32.1. The summed E-state index contributed by atoms with van der Waals surface area (Å²) >= 11 is 1.39. The molecular weight excluding hydrogens is 308 g/mol. The van der Waals surface area contributed by atoms with Crippen molar-refractivity contribution in [2.75, 3.05) is 11.9 Å². The van der Waals surface area contributed by atoms with E-state index in [4.69, 9.17) is 0 Å². The highest BCUT2D eigenvalue weighted by Crippen LogP contribution is 2.15. The van der Waals surface area contributed by atoms with Gasteiger partial charge in [0.15, 0.2) is 0 Å². The fourth-order valence-electron chi connectivity index (χ4n) is 2.15. The zero-order chi connectivity index (χ0) is 16.7. The molecule has 2 N–H and O–H groups in total. The highest BCUT2D eigenvalue weighted by molar-refractivity contribution is 7.12. The molecule has 5 heteroatoms. The van der Waals surface area contributed by atoms with Crippen LogP contribution in [0.2, 0.25) is 0 Å². The molecule has 0 saturated heterocycles. The molecule has 0 fully saturated rings. The zero-order valence-electron chi connectivity index (χ0n) is 13.5. The van der Waals surface area contributed by atoms with Crippen LogP contribution in [-0.4, -0.2) is 18.4 Å². The van der Waals surface area contributed by atoms with E-state index in [1.165, 1.54) is 11.3 Å². The third kappa shape index (κ3) is 5.53. The van der Waals surface area contributed by atoms with Crippen LogP contribution in [0.4, 0.5) is 5.69 Å². The fraction of sp³-hybridized carbons (Fsp3) is 0.333. The third-order valence-corrected chi connectivity index (χ3v) is 4.24. The summed E-state index contributed by atoms with van der Waals surface area (Å²) in [4.78, 5) is 24.8. The summed E-state index contributed by atoms with van der Waals surface area (Å²) < 4.78 is 0. The van der Waals surface area contributed by atoms with Crippen molar-refractivity contribution in [1.82, 2.24) is 5.32 Å². The summed E-state index contributed by atoms with van der Waals surface area (Å²) in [6.45, 7) is 5.01. The van der Waals surface area contributed by atoms with Crippen molar-refractivity contribution in [3.63, 3.8) is 0 Å². The maximum Gasteiger partial charge on any atom is 0.265 e. The minimum Gasteiger partial charge on any atom is -0.352 e. The van der Waals surface area contributed by atoms with Crippen molar-refractivity contribution in [2.45, 2.75) is 26.7 Å². The van der Waals surface area contributed by atoms with Crippen LogP contribution in [0, 0.1) is 5.92 Å². The van der Waals surface area contributed by atoms with Crippen LogP contribution in [0.5, 0.6) is 0 Å². The van der Waals surface area contributed by atoms with E-state index in [2.05, 4.69) is 24.5 Å². The minimum absolute atomic E-state index is 0.110. The van der Waals surface area contributed by atoms with Gasteiger partial charge >= 0.3 is 0 Å². The number of hydrogen-bond acceptors (Lipinski definition) is 3. The van der Waals surface area contributed by atoms with E-state index in [9.17, 15) is 9.59 Å². The number of amides is 2. The van der Waals surface area contributed by atoms with E-state index < -0.39 is 0 Å². The van der Waals surface area contributed by atoms with Crippen LogP contribution in [0.25, 0.3) is 0 Å². The van der Waals surface area contributed by atoms with Crippen LogP contribution in [0.3, 0.4) is 0 Å². The maximum atomic E-state index is 12.1. The van der Waals surface area contributed by atoms with E-state index >= 15 is 0 Å². The largest absolute Gasteiger partial charge is 0.352 e. The molecule has 2 amide bonds. The summed E-state index contributed by atoms with van der Waals surface area (Å²) in [7, 11) is 0. The lowest BCUT2D eigenvalue weighted by molar-refractivity contribution is 0.0951. The Bertz CT molecular complexity index is 651. The molecule has 23 heavy (non-hydrogen) atoms. The zero-order valence-corrected chi connectivity index (χ0v) is 14.3. The first-order valence-electron chi connectivity index (χ1n) is 7.79. The second-order valence-electron chi connectivity index (χ2n) is 5.80. The summed E-state index contributed by atoms with van der Waals surface area (Å²) in [5, 5.41) is 7.58. The lowest BCUT2D eigenvalue weighted by atomic mass is 10.1. The molecule has 0 aliphatic carbocycles. The average Bonchev–Trinajstić information content (AvgIpc) is 3.06. The van der Waals surface area contributed by atoms with E-state index in [1.54, 1.807) is 30.3 Å². The topological polar surface area (TPSA) is 58.2 Å². The first-order valence-corrected chi connectivity index (χ1v) is 8.67. The Morgan fingerprint density at radius 2 is 1.96 bits per heavy atom. The third-order valence-electron chi connectivity index (χ3n) is 3.37. The standard InChI is InChI=1S/C18H22N2O2S/c1-13(2)6-4-10-19-17(21)14-7-3-8-15(12-14)20-18(22)16-9-5-11-23-16/h3,5,7-9,11-13H,4,6,10H2,1-2H3,(H,19,21)(H,20,22). The van der Waals surface area contributed by atoms with Crippen molar-refractivity contribution in [2.24, 2.45) is 5.92 Å². The van der Waals surface area contributed by atoms with Gasteiger partial charge in [-0.05, 0) is 48.4 Å². The molecule has 0 saturated carbocycles. The molecule has 0 radical (unpaired) electrons. The van der Waals surface area contributed by atoms with Crippen molar-refractivity contribution in [3.05, 3.63) is 52.2 Å². The number of carbonyl (C=O) groups is 2. The van der Waals surface area contributed by atoms with Crippen LogP contribution in [0.1, 0.15) is 46.7 Å². The monoisotopic (exact) mass is 330 g/mol. The molecule has 0 unspecified atom stereocenters. The second kappa shape index (κ2) is 8.48. The van der Waals surface area contributed by atoms with Crippen molar-refractivity contribution < 1.29 is 9.59 Å². The molecule has 0 spiro atoms. The summed E-state index contributed by atoms with van der Waals surface area (Å²) in [6.07, 6.45) is 2.06. The van der Waals surface area contributed by atoms with Crippen molar-refractivity contribution in [3.8, 4) is 0 Å². The Labute approximate surface area is 140 Å². The first kappa shape index (κ1) is 17.2. The Kier molecular flexibility index (Phi) is 6.35. The summed E-state index contributed by atoms with van der Waals surface area (Å²) in [6, 6.07) is 10.6. The molecule has 0 bridgehead atoms. The lowest BCUT2D eigenvalue weighted by Gasteiger charge is -2.09. The normalized spacial score (nSPS) is 10.6. The van der Waals surface area contributed by atoms with Crippen molar-refractivity contribution in [1.29, 1.82) is 0 Å². The maximum absolute atomic E-state index is 12.1. The molecule has 1 aromatic carbocycles. The Morgan fingerprint density at radius 3 is 2.65 bits per heavy atom. The lowest BCUT2D eigenvalue weighted by Crippen LogP contribution is -2.24. The molecule has 1 aromatic heterocycles. The van der Waals surface area contributed by atoms with Gasteiger partial charge in [-0.2, -0.15) is 0 Å². The molecule has 2 rings (SSSR count). The molecule has 0 aliphatic rings. The van der Waals surface area contributed by atoms with Crippen LogP contribution >= 0.6 is 11.3 Å².